The summed E-state index contributed by atoms with van der Waals surface area (Å²) in [5.74, 6) is -0.291. The van der Waals surface area contributed by atoms with Gasteiger partial charge in [0.15, 0.2) is 0 Å². The molecule has 1 aromatic heterocycles. The van der Waals surface area contributed by atoms with Crippen LogP contribution in [0.1, 0.15) is 15.9 Å². The molecule has 0 aliphatic heterocycles. The van der Waals surface area contributed by atoms with Crippen molar-refractivity contribution in [3.8, 4) is 0 Å². The molecule has 0 aliphatic rings. The van der Waals surface area contributed by atoms with Crippen molar-refractivity contribution >= 4 is 35.2 Å². The van der Waals surface area contributed by atoms with Gasteiger partial charge < -0.3 is 16.4 Å². The smallest absolute Gasteiger partial charge is 0.345 e. The van der Waals surface area contributed by atoms with E-state index in [-0.39, 0.29) is 5.91 Å². The summed E-state index contributed by atoms with van der Waals surface area (Å²) in [7, 11) is 0. The highest BCUT2D eigenvalue weighted by Crippen LogP contribution is 2.18. The van der Waals surface area contributed by atoms with Gasteiger partial charge in [-0.2, -0.15) is 0 Å². The molecule has 0 radical (unpaired) electrons. The van der Waals surface area contributed by atoms with Gasteiger partial charge in [-0.25, -0.2) is 9.79 Å². The maximum atomic E-state index is 12.3. The fourth-order valence-corrected chi connectivity index (χ4v) is 2.25. The number of rotatable bonds is 4. The topological polar surface area (TPSA) is 109 Å². The van der Waals surface area contributed by atoms with E-state index in [4.69, 9.17) is 5.73 Å². The van der Waals surface area contributed by atoms with Crippen molar-refractivity contribution < 1.29 is 9.59 Å². The summed E-state index contributed by atoms with van der Waals surface area (Å²) in [6.45, 7) is 0. The van der Waals surface area contributed by atoms with Crippen molar-refractivity contribution in [3.63, 3.8) is 0 Å². The zero-order valence-corrected chi connectivity index (χ0v) is 14.3. The van der Waals surface area contributed by atoms with E-state index >= 15 is 0 Å². The molecule has 7 nitrogen and oxygen atoms in total. The molecule has 0 spiro atoms. The van der Waals surface area contributed by atoms with Gasteiger partial charge in [-0.15, -0.1) is 0 Å². The SMILES string of the molecule is Nc1ccccc1NC(=O)c1ccc(NC(=O)N=Cc2cccnc2)cc1. The Bertz CT molecular complexity index is 969. The normalized spacial score (nSPS) is 10.5. The third-order valence-electron chi connectivity index (χ3n) is 3.62. The van der Waals surface area contributed by atoms with Crippen molar-refractivity contribution in [3.05, 3.63) is 84.2 Å². The summed E-state index contributed by atoms with van der Waals surface area (Å²) in [6.07, 6.45) is 4.67. The first kappa shape index (κ1) is 17.8. The minimum atomic E-state index is -0.520. The fraction of sp³-hybridized carbons (Fsp3) is 0. The number of nitrogens with one attached hydrogen (secondary N) is 2. The molecular weight excluding hydrogens is 342 g/mol. The average Bonchev–Trinajstić information content (AvgIpc) is 2.69. The summed E-state index contributed by atoms with van der Waals surface area (Å²) in [6, 6.07) is 16.5. The zero-order valence-electron chi connectivity index (χ0n) is 14.3. The molecule has 0 fully saturated rings. The van der Waals surface area contributed by atoms with E-state index in [1.807, 2.05) is 0 Å². The maximum Gasteiger partial charge on any atom is 0.345 e. The van der Waals surface area contributed by atoms with Crippen LogP contribution in [0.4, 0.5) is 21.9 Å². The number of anilines is 3. The van der Waals surface area contributed by atoms with Gasteiger partial charge in [-0.3, -0.25) is 9.78 Å². The van der Waals surface area contributed by atoms with E-state index in [2.05, 4.69) is 20.6 Å². The molecule has 3 rings (SSSR count). The van der Waals surface area contributed by atoms with E-state index < -0.39 is 6.03 Å². The van der Waals surface area contributed by atoms with Crippen molar-refractivity contribution in [1.29, 1.82) is 0 Å². The Morgan fingerprint density at radius 1 is 0.963 bits per heavy atom. The summed E-state index contributed by atoms with van der Waals surface area (Å²) in [5.41, 5.74) is 8.54. The Balaban J connectivity index is 1.60. The lowest BCUT2D eigenvalue weighted by atomic mass is 10.2. The van der Waals surface area contributed by atoms with Crippen LogP contribution in [-0.2, 0) is 0 Å². The van der Waals surface area contributed by atoms with Gasteiger partial charge in [-0.1, -0.05) is 18.2 Å². The van der Waals surface area contributed by atoms with Gasteiger partial charge in [-0.05, 0) is 42.5 Å². The van der Waals surface area contributed by atoms with E-state index in [0.717, 1.165) is 5.56 Å². The van der Waals surface area contributed by atoms with E-state index in [1.165, 1.54) is 6.21 Å². The van der Waals surface area contributed by atoms with Crippen LogP contribution >= 0.6 is 0 Å². The number of benzene rings is 2. The highest BCUT2D eigenvalue weighted by Gasteiger charge is 2.08. The van der Waals surface area contributed by atoms with Crippen LogP contribution in [0.2, 0.25) is 0 Å². The Morgan fingerprint density at radius 3 is 2.44 bits per heavy atom. The molecular formula is C20H17N5O2. The molecule has 2 aromatic carbocycles. The second kappa shape index (κ2) is 8.39. The summed E-state index contributed by atoms with van der Waals surface area (Å²) in [5, 5.41) is 5.37. The lowest BCUT2D eigenvalue weighted by Crippen LogP contribution is -2.13. The van der Waals surface area contributed by atoms with Crippen molar-refractivity contribution in [1.82, 2.24) is 4.98 Å². The van der Waals surface area contributed by atoms with Crippen LogP contribution in [0.3, 0.4) is 0 Å². The van der Waals surface area contributed by atoms with E-state index in [0.29, 0.717) is 22.6 Å². The average molecular weight is 359 g/mol. The number of amides is 3. The number of pyridine rings is 1. The van der Waals surface area contributed by atoms with Crippen LogP contribution in [0.25, 0.3) is 0 Å². The largest absolute Gasteiger partial charge is 0.397 e. The van der Waals surface area contributed by atoms with Crippen LogP contribution < -0.4 is 16.4 Å². The van der Waals surface area contributed by atoms with Gasteiger partial charge in [0.05, 0.1) is 11.4 Å². The van der Waals surface area contributed by atoms with E-state index in [1.54, 1.807) is 73.1 Å². The number of aliphatic imine (C=N–C) groups is 1. The quantitative estimate of drug-likeness (QED) is 0.488. The van der Waals surface area contributed by atoms with Gasteiger partial charge in [0.1, 0.15) is 0 Å². The number of hydrogen-bond donors (Lipinski definition) is 3. The monoisotopic (exact) mass is 359 g/mol. The minimum absolute atomic E-state index is 0.291. The number of urea groups is 1. The highest BCUT2D eigenvalue weighted by atomic mass is 16.2. The Morgan fingerprint density at radius 2 is 1.74 bits per heavy atom. The number of aromatic nitrogens is 1. The Kier molecular flexibility index (Phi) is 5.54. The number of nitrogens with zero attached hydrogens (tertiary/aromatic N) is 2. The lowest BCUT2D eigenvalue weighted by Gasteiger charge is -2.08. The highest BCUT2D eigenvalue weighted by molar-refractivity contribution is 6.06. The van der Waals surface area contributed by atoms with Crippen LogP contribution in [0.5, 0.6) is 0 Å². The van der Waals surface area contributed by atoms with Gasteiger partial charge >= 0.3 is 6.03 Å². The number of nitrogen functional groups attached to an aromatic ring is 1. The number of carbonyl (C=O) groups is 2. The predicted molar refractivity (Wildman–Crippen MR) is 106 cm³/mol. The number of hydrogen-bond acceptors (Lipinski definition) is 4. The van der Waals surface area contributed by atoms with Crippen LogP contribution in [-0.4, -0.2) is 23.1 Å². The number of nitrogens with two attached hydrogens (primary N) is 1. The molecule has 0 saturated heterocycles. The third kappa shape index (κ3) is 4.99. The molecule has 7 heteroatoms. The maximum absolute atomic E-state index is 12.3. The summed E-state index contributed by atoms with van der Waals surface area (Å²) < 4.78 is 0. The molecule has 0 bridgehead atoms. The molecule has 0 saturated carbocycles. The molecule has 0 atom stereocenters. The van der Waals surface area contributed by atoms with Crippen molar-refractivity contribution in [2.75, 3.05) is 16.4 Å². The first-order chi connectivity index (χ1) is 13.1. The summed E-state index contributed by atoms with van der Waals surface area (Å²) >= 11 is 0. The molecule has 3 amide bonds. The van der Waals surface area contributed by atoms with Crippen molar-refractivity contribution in [2.45, 2.75) is 0 Å². The predicted octanol–water partition coefficient (Wildman–Crippen LogP) is 3.57. The first-order valence-electron chi connectivity index (χ1n) is 8.13. The first-order valence-corrected chi connectivity index (χ1v) is 8.13. The van der Waals surface area contributed by atoms with Crippen LogP contribution in [0, 0.1) is 0 Å². The van der Waals surface area contributed by atoms with Gasteiger partial charge in [0, 0.05) is 35.4 Å². The standard InChI is InChI=1S/C20H17N5O2/c21-17-5-1-2-6-18(17)25-19(26)15-7-9-16(10-8-15)24-20(27)23-13-14-4-3-11-22-12-14/h1-13H,21H2,(H,24,27)(H,25,26). The summed E-state index contributed by atoms with van der Waals surface area (Å²) in [4.78, 5) is 31.9. The second-order valence-electron chi connectivity index (χ2n) is 5.59. The van der Waals surface area contributed by atoms with E-state index in [9.17, 15) is 9.59 Å². The molecule has 134 valence electrons. The zero-order chi connectivity index (χ0) is 19.1. The van der Waals surface area contributed by atoms with Crippen LogP contribution in [0.15, 0.2) is 78.0 Å². The molecule has 27 heavy (non-hydrogen) atoms. The third-order valence-corrected chi connectivity index (χ3v) is 3.62. The Labute approximate surface area is 156 Å². The second-order valence-corrected chi connectivity index (χ2v) is 5.59. The molecule has 1 heterocycles. The fourth-order valence-electron chi connectivity index (χ4n) is 2.25. The molecule has 0 aliphatic carbocycles. The van der Waals surface area contributed by atoms with Crippen molar-refractivity contribution in [2.24, 2.45) is 4.99 Å². The molecule has 4 N–H and O–H groups in total. The number of carbonyl (C=O) groups excluding carboxylic acids is 2. The molecule has 3 aromatic rings. The lowest BCUT2D eigenvalue weighted by molar-refractivity contribution is 0.102. The Hall–Kier alpha value is -4.00. The molecule has 0 unspecified atom stereocenters. The van der Waals surface area contributed by atoms with Gasteiger partial charge in [0.2, 0.25) is 0 Å². The minimum Gasteiger partial charge on any atom is -0.397 e. The van der Waals surface area contributed by atoms with Gasteiger partial charge in [0.25, 0.3) is 5.91 Å². The number of para-hydroxylation sites is 2.